The first-order chi connectivity index (χ1) is 19.9. The van der Waals surface area contributed by atoms with Gasteiger partial charge in [-0.15, -0.1) is 0 Å². The van der Waals surface area contributed by atoms with Crippen molar-refractivity contribution in [3.63, 3.8) is 0 Å². The van der Waals surface area contributed by atoms with Crippen LogP contribution in [-0.2, 0) is 14.3 Å². The zero-order valence-electron chi connectivity index (χ0n) is 23.6. The maximum absolute atomic E-state index is 12.8. The third kappa shape index (κ3) is 8.84. The molecule has 2 aromatic rings. The van der Waals surface area contributed by atoms with Crippen molar-refractivity contribution in [2.24, 2.45) is 5.92 Å². The Morgan fingerprint density at radius 1 is 0.854 bits per heavy atom. The summed E-state index contributed by atoms with van der Waals surface area (Å²) in [5.74, 6) is 1.00. The minimum Gasteiger partial charge on any atom is -0.508 e. The lowest BCUT2D eigenvalue weighted by Gasteiger charge is -2.24. The first-order valence-corrected chi connectivity index (χ1v) is 14.3. The number of benzene rings is 2. The van der Waals surface area contributed by atoms with Gasteiger partial charge in [-0.05, 0) is 110 Å². The number of esters is 2. The van der Waals surface area contributed by atoms with Crippen LogP contribution >= 0.6 is 0 Å². The first-order valence-electron chi connectivity index (χ1n) is 14.3. The molecule has 0 aromatic heterocycles. The van der Waals surface area contributed by atoms with Gasteiger partial charge in [0.1, 0.15) is 17.3 Å². The summed E-state index contributed by atoms with van der Waals surface area (Å²) in [6.07, 6.45) is 15.9. The number of hydrogen-bond donors (Lipinski definition) is 1. The molecule has 0 amide bonds. The topological polar surface area (TPSA) is 82.1 Å². The van der Waals surface area contributed by atoms with Gasteiger partial charge in [0.15, 0.2) is 0 Å². The molecule has 214 valence electrons. The average molecular weight is 555 g/mol. The summed E-state index contributed by atoms with van der Waals surface area (Å²) in [6.45, 7) is 6.45. The Hall–Kier alpha value is -4.32. The van der Waals surface area contributed by atoms with Gasteiger partial charge >= 0.3 is 11.9 Å². The Morgan fingerprint density at radius 3 is 2.17 bits per heavy atom. The molecule has 6 nitrogen and oxygen atoms in total. The van der Waals surface area contributed by atoms with Crippen molar-refractivity contribution in [3.05, 3.63) is 114 Å². The summed E-state index contributed by atoms with van der Waals surface area (Å²) in [4.78, 5) is 23.8. The number of carbonyl (C=O) groups is 2. The highest BCUT2D eigenvalue weighted by atomic mass is 16.5. The highest BCUT2D eigenvalue weighted by Crippen LogP contribution is 2.36. The molecule has 6 heteroatoms. The minimum atomic E-state index is -0.385. The maximum Gasteiger partial charge on any atom is 0.343 e. The summed E-state index contributed by atoms with van der Waals surface area (Å²) in [7, 11) is 0. The van der Waals surface area contributed by atoms with E-state index in [1.807, 2.05) is 18.2 Å². The smallest absolute Gasteiger partial charge is 0.343 e. The molecule has 1 atom stereocenters. The molecule has 2 aliphatic rings. The van der Waals surface area contributed by atoms with Gasteiger partial charge in [0.25, 0.3) is 0 Å². The largest absolute Gasteiger partial charge is 0.508 e. The van der Waals surface area contributed by atoms with Crippen molar-refractivity contribution in [3.8, 4) is 11.5 Å². The Balaban J connectivity index is 1.22. The van der Waals surface area contributed by atoms with E-state index in [0.717, 1.165) is 50.5 Å². The maximum atomic E-state index is 12.8. The van der Waals surface area contributed by atoms with Crippen LogP contribution in [0.4, 0.5) is 0 Å². The van der Waals surface area contributed by atoms with E-state index >= 15 is 0 Å². The molecule has 1 unspecified atom stereocenters. The molecule has 2 aromatic carbocycles. The third-order valence-electron chi connectivity index (χ3n) is 7.28. The van der Waals surface area contributed by atoms with Crippen molar-refractivity contribution in [2.45, 2.75) is 51.9 Å². The molecule has 0 spiro atoms. The minimum absolute atomic E-state index is 0.0963. The molecule has 0 bridgehead atoms. The Morgan fingerprint density at radius 2 is 1.51 bits per heavy atom. The van der Waals surface area contributed by atoms with Gasteiger partial charge in [0.05, 0.1) is 18.8 Å². The molecule has 41 heavy (non-hydrogen) atoms. The van der Waals surface area contributed by atoms with Crippen LogP contribution in [0, 0.1) is 5.92 Å². The van der Waals surface area contributed by atoms with Crippen LogP contribution in [0.5, 0.6) is 11.5 Å². The molecule has 1 N–H and O–H groups in total. The monoisotopic (exact) mass is 554 g/mol. The second kappa shape index (κ2) is 14.9. The summed E-state index contributed by atoms with van der Waals surface area (Å²) >= 11 is 0. The van der Waals surface area contributed by atoms with E-state index in [9.17, 15) is 14.7 Å². The highest BCUT2D eigenvalue weighted by molar-refractivity contribution is 5.90. The summed E-state index contributed by atoms with van der Waals surface area (Å²) in [5.41, 5.74) is 5.47. The first kappa shape index (κ1) is 29.7. The number of ether oxygens (including phenoxy) is 3. The predicted molar refractivity (Wildman–Crippen MR) is 160 cm³/mol. The lowest BCUT2D eigenvalue weighted by molar-refractivity contribution is -0.137. The molecule has 2 aliphatic carbocycles. The van der Waals surface area contributed by atoms with Crippen molar-refractivity contribution in [1.82, 2.24) is 0 Å². The van der Waals surface area contributed by atoms with Gasteiger partial charge in [-0.1, -0.05) is 43.9 Å². The standard InChI is InChI=1S/C35H38O6/c1-3-34(37)40-23-7-5-4-6-22-39-32-19-14-29(15-20-32)35(38)41-33-21-16-30(24-25(33)2)28-10-8-26(9-11-28)27-12-17-31(36)18-13-27/h3,8,10,12-21,25,36H,1,4-7,9,11,22-24H2,2H3. The number of unbranched alkanes of at least 4 members (excludes halogenated alkanes) is 3. The number of allylic oxidation sites excluding steroid dienone is 8. The molecular weight excluding hydrogens is 516 g/mol. The number of phenolic OH excluding ortho intramolecular Hbond substituents is 1. The fraction of sp³-hybridized carbons (Fsp3) is 0.314. The van der Waals surface area contributed by atoms with Crippen molar-refractivity contribution >= 4 is 17.5 Å². The number of aromatic hydroxyl groups is 1. The quantitative estimate of drug-likeness (QED) is 0.154. The van der Waals surface area contributed by atoms with Crippen LogP contribution in [-0.4, -0.2) is 30.3 Å². The van der Waals surface area contributed by atoms with E-state index in [1.54, 1.807) is 36.4 Å². The molecule has 0 saturated carbocycles. The zero-order valence-corrected chi connectivity index (χ0v) is 23.6. The van der Waals surface area contributed by atoms with Crippen LogP contribution < -0.4 is 4.74 Å². The van der Waals surface area contributed by atoms with E-state index in [1.165, 1.54) is 22.8 Å². The fourth-order valence-electron chi connectivity index (χ4n) is 4.87. The van der Waals surface area contributed by atoms with Crippen molar-refractivity contribution < 1.29 is 28.9 Å². The van der Waals surface area contributed by atoms with E-state index < -0.39 is 0 Å². The summed E-state index contributed by atoms with van der Waals surface area (Å²) in [5, 5.41) is 9.53. The molecule has 4 rings (SSSR count). The lowest BCUT2D eigenvalue weighted by atomic mass is 9.84. The van der Waals surface area contributed by atoms with E-state index in [4.69, 9.17) is 14.2 Å². The van der Waals surface area contributed by atoms with E-state index in [0.29, 0.717) is 30.3 Å². The molecule has 0 heterocycles. The second-order valence-corrected chi connectivity index (χ2v) is 10.3. The van der Waals surface area contributed by atoms with Gasteiger partial charge in [-0.3, -0.25) is 0 Å². The number of rotatable bonds is 13. The van der Waals surface area contributed by atoms with Crippen LogP contribution in [0.2, 0.25) is 0 Å². The van der Waals surface area contributed by atoms with Gasteiger partial charge in [-0.2, -0.15) is 0 Å². The van der Waals surface area contributed by atoms with E-state index in [2.05, 4.69) is 31.7 Å². The summed E-state index contributed by atoms with van der Waals surface area (Å²) < 4.78 is 16.5. The number of carbonyl (C=O) groups excluding carboxylic acids is 2. The highest BCUT2D eigenvalue weighted by Gasteiger charge is 2.22. The summed E-state index contributed by atoms with van der Waals surface area (Å²) in [6, 6.07) is 14.4. The average Bonchev–Trinajstić information content (AvgIpc) is 3.00. The van der Waals surface area contributed by atoms with Crippen LogP contribution in [0.15, 0.2) is 102 Å². The van der Waals surface area contributed by atoms with Crippen LogP contribution in [0.3, 0.4) is 0 Å². The van der Waals surface area contributed by atoms with Crippen molar-refractivity contribution in [2.75, 3.05) is 13.2 Å². The van der Waals surface area contributed by atoms with Gasteiger partial charge in [0.2, 0.25) is 0 Å². The molecule has 0 aliphatic heterocycles. The van der Waals surface area contributed by atoms with E-state index in [-0.39, 0.29) is 23.6 Å². The Kier molecular flexibility index (Phi) is 10.8. The van der Waals surface area contributed by atoms with Gasteiger partial charge in [0, 0.05) is 12.0 Å². The third-order valence-corrected chi connectivity index (χ3v) is 7.28. The normalized spacial score (nSPS) is 16.5. The predicted octanol–water partition coefficient (Wildman–Crippen LogP) is 7.87. The van der Waals surface area contributed by atoms with Gasteiger partial charge in [-0.25, -0.2) is 9.59 Å². The zero-order chi connectivity index (χ0) is 29.0. The van der Waals surface area contributed by atoms with Crippen LogP contribution in [0.25, 0.3) is 5.57 Å². The fourth-order valence-corrected chi connectivity index (χ4v) is 4.87. The lowest BCUT2D eigenvalue weighted by Crippen LogP contribution is -2.14. The van der Waals surface area contributed by atoms with Gasteiger partial charge < -0.3 is 19.3 Å². The Labute approximate surface area is 242 Å². The number of phenols is 1. The Bertz CT molecular complexity index is 1340. The second-order valence-electron chi connectivity index (χ2n) is 10.3. The molecular formula is C35H38O6. The molecule has 0 fully saturated rings. The van der Waals surface area contributed by atoms with Crippen molar-refractivity contribution in [1.29, 1.82) is 0 Å². The molecule has 0 radical (unpaired) electrons. The number of hydrogen-bond acceptors (Lipinski definition) is 6. The molecule has 0 saturated heterocycles. The SMILES string of the molecule is C=CC(=O)OCCCCCCOc1ccc(C(=O)OC2=CC=C(C3=CC=C(c4ccc(O)cc4)CC3)CC2C)cc1. The van der Waals surface area contributed by atoms with Crippen LogP contribution in [0.1, 0.15) is 67.8 Å².